The average Bonchev–Trinajstić information content (AvgIpc) is 2.74. The zero-order chi connectivity index (χ0) is 20.4. The number of rotatable bonds is 4. The van der Waals surface area contributed by atoms with Gasteiger partial charge in [0.15, 0.2) is 0 Å². The number of benzene rings is 2. The second-order valence-corrected chi connectivity index (χ2v) is 6.44. The van der Waals surface area contributed by atoms with E-state index in [4.69, 9.17) is 9.15 Å². The summed E-state index contributed by atoms with van der Waals surface area (Å²) in [5.74, 6) is -0.216. The van der Waals surface area contributed by atoms with Crippen LogP contribution in [-0.4, -0.2) is 42.0 Å². The number of nitro groups is 1. The highest BCUT2D eigenvalue weighted by Gasteiger charge is 2.27. The van der Waals surface area contributed by atoms with Gasteiger partial charge in [-0.1, -0.05) is 24.3 Å². The van der Waals surface area contributed by atoms with E-state index in [1.54, 1.807) is 53.4 Å². The van der Waals surface area contributed by atoms with Crippen molar-refractivity contribution in [1.82, 2.24) is 4.90 Å². The molecule has 0 unspecified atom stereocenters. The molecule has 0 aliphatic carbocycles. The van der Waals surface area contributed by atoms with Crippen LogP contribution in [0.1, 0.15) is 10.4 Å². The molecule has 0 spiro atoms. The van der Waals surface area contributed by atoms with E-state index in [2.05, 4.69) is 5.32 Å². The van der Waals surface area contributed by atoms with E-state index in [1.807, 2.05) is 0 Å². The molecule has 1 aromatic heterocycles. The fourth-order valence-electron chi connectivity index (χ4n) is 3.28. The monoisotopic (exact) mass is 395 g/mol. The lowest BCUT2D eigenvalue weighted by Crippen LogP contribution is -2.40. The van der Waals surface area contributed by atoms with Gasteiger partial charge in [-0.25, -0.2) is 4.79 Å². The summed E-state index contributed by atoms with van der Waals surface area (Å²) in [5.41, 5.74) is -0.860. The van der Waals surface area contributed by atoms with Gasteiger partial charge >= 0.3 is 11.3 Å². The third-order valence-electron chi connectivity index (χ3n) is 4.69. The first-order chi connectivity index (χ1) is 14.1. The summed E-state index contributed by atoms with van der Waals surface area (Å²) in [7, 11) is 0. The van der Waals surface area contributed by atoms with Crippen LogP contribution in [0.15, 0.2) is 57.7 Å². The van der Waals surface area contributed by atoms with Gasteiger partial charge in [0.2, 0.25) is 0 Å². The van der Waals surface area contributed by atoms with Crippen molar-refractivity contribution in [3.63, 3.8) is 0 Å². The smallest absolute Gasteiger partial charge is 0.417 e. The molecular weight excluding hydrogens is 378 g/mol. The van der Waals surface area contributed by atoms with Crippen molar-refractivity contribution in [2.45, 2.75) is 0 Å². The van der Waals surface area contributed by atoms with Gasteiger partial charge in [-0.15, -0.1) is 0 Å². The number of fused-ring (bicyclic) bond motifs is 1. The van der Waals surface area contributed by atoms with E-state index < -0.39 is 16.2 Å². The number of para-hydroxylation sites is 2. The van der Waals surface area contributed by atoms with Crippen LogP contribution in [0.4, 0.5) is 17.1 Å². The lowest BCUT2D eigenvalue weighted by molar-refractivity contribution is -0.386. The number of amides is 1. The van der Waals surface area contributed by atoms with Crippen LogP contribution in [0.5, 0.6) is 0 Å². The van der Waals surface area contributed by atoms with Crippen LogP contribution < -0.4 is 10.9 Å². The summed E-state index contributed by atoms with van der Waals surface area (Å²) in [6.45, 7) is 1.84. The maximum atomic E-state index is 13.0. The van der Waals surface area contributed by atoms with Gasteiger partial charge in [0.25, 0.3) is 5.91 Å². The minimum absolute atomic E-state index is 0.0101. The first kappa shape index (κ1) is 18.6. The molecule has 0 radical (unpaired) electrons. The highest BCUT2D eigenvalue weighted by molar-refractivity contribution is 6.03. The van der Waals surface area contributed by atoms with Crippen molar-refractivity contribution in [2.24, 2.45) is 0 Å². The Morgan fingerprint density at radius 3 is 2.52 bits per heavy atom. The Balaban J connectivity index is 1.82. The quantitative estimate of drug-likeness (QED) is 0.410. The third-order valence-corrected chi connectivity index (χ3v) is 4.69. The van der Waals surface area contributed by atoms with E-state index in [0.717, 1.165) is 0 Å². The van der Waals surface area contributed by atoms with E-state index in [1.165, 1.54) is 0 Å². The molecule has 9 nitrogen and oxygen atoms in total. The zero-order valence-electron chi connectivity index (χ0n) is 15.3. The first-order valence-corrected chi connectivity index (χ1v) is 8.99. The Bertz CT molecular complexity index is 1150. The van der Waals surface area contributed by atoms with Crippen molar-refractivity contribution in [1.29, 1.82) is 0 Å². The van der Waals surface area contributed by atoms with Crippen molar-refractivity contribution >= 4 is 33.9 Å². The summed E-state index contributed by atoms with van der Waals surface area (Å²) in [5, 5.41) is 14.9. The van der Waals surface area contributed by atoms with Gasteiger partial charge in [-0.3, -0.25) is 14.9 Å². The first-order valence-electron chi connectivity index (χ1n) is 8.99. The van der Waals surface area contributed by atoms with Crippen LogP contribution in [0.3, 0.4) is 0 Å². The SMILES string of the molecule is O=C(c1ccccc1Nc1c([N+](=O)[O-])c(=O)oc2ccccc12)N1CCOCC1. The predicted octanol–water partition coefficient (Wildman–Crippen LogP) is 2.92. The molecule has 2 heterocycles. The zero-order valence-corrected chi connectivity index (χ0v) is 15.3. The largest absolute Gasteiger partial charge is 0.418 e. The van der Waals surface area contributed by atoms with E-state index in [9.17, 15) is 19.7 Å². The number of carbonyl (C=O) groups is 1. The molecule has 1 amide bonds. The Hall–Kier alpha value is -3.72. The minimum Gasteiger partial charge on any atom is -0.418 e. The number of hydrogen-bond donors (Lipinski definition) is 1. The third kappa shape index (κ3) is 3.55. The molecule has 1 aliphatic rings. The molecule has 148 valence electrons. The lowest BCUT2D eigenvalue weighted by Gasteiger charge is -2.27. The second kappa shape index (κ2) is 7.72. The molecule has 9 heteroatoms. The number of anilines is 2. The fourth-order valence-corrected chi connectivity index (χ4v) is 3.28. The molecule has 2 aromatic carbocycles. The standard InChI is InChI=1S/C20H17N3O6/c24-19(22-9-11-28-12-10-22)13-5-1-3-7-15(13)21-17-14-6-2-4-8-16(14)29-20(25)18(17)23(26)27/h1-8,21H,9-12H2. The van der Waals surface area contributed by atoms with Crippen LogP contribution >= 0.6 is 0 Å². The Morgan fingerprint density at radius 2 is 1.76 bits per heavy atom. The number of morpholine rings is 1. The molecule has 0 bridgehead atoms. The Morgan fingerprint density at radius 1 is 1.07 bits per heavy atom. The van der Waals surface area contributed by atoms with Crippen LogP contribution in [0.25, 0.3) is 11.0 Å². The number of carbonyl (C=O) groups excluding carboxylic acids is 1. The Kier molecular flexibility index (Phi) is 4.96. The summed E-state index contributed by atoms with van der Waals surface area (Å²) in [4.78, 5) is 37.6. The van der Waals surface area contributed by atoms with Gasteiger partial charge in [0, 0.05) is 18.5 Å². The molecule has 1 N–H and O–H groups in total. The molecule has 1 fully saturated rings. The second-order valence-electron chi connectivity index (χ2n) is 6.44. The number of nitrogens with one attached hydrogen (secondary N) is 1. The summed E-state index contributed by atoms with van der Waals surface area (Å²) < 4.78 is 10.4. The highest BCUT2D eigenvalue weighted by Crippen LogP contribution is 2.33. The van der Waals surface area contributed by atoms with Gasteiger partial charge in [-0.05, 0) is 24.3 Å². The van der Waals surface area contributed by atoms with Crippen LogP contribution in [0.2, 0.25) is 0 Å². The maximum Gasteiger partial charge on any atom is 0.417 e. The highest BCUT2D eigenvalue weighted by atomic mass is 16.6. The van der Waals surface area contributed by atoms with Crippen LogP contribution in [0, 0.1) is 10.1 Å². The molecule has 29 heavy (non-hydrogen) atoms. The molecule has 1 aliphatic heterocycles. The normalized spacial score (nSPS) is 14.0. The van der Waals surface area contributed by atoms with Crippen molar-refractivity contribution in [3.05, 3.63) is 74.6 Å². The number of hydrogen-bond acceptors (Lipinski definition) is 7. The summed E-state index contributed by atoms with van der Waals surface area (Å²) in [6.07, 6.45) is 0. The minimum atomic E-state index is -1.06. The van der Waals surface area contributed by atoms with Crippen molar-refractivity contribution in [3.8, 4) is 0 Å². The fraction of sp³-hybridized carbons (Fsp3) is 0.200. The van der Waals surface area contributed by atoms with E-state index >= 15 is 0 Å². The van der Waals surface area contributed by atoms with Crippen LogP contribution in [-0.2, 0) is 4.74 Å². The van der Waals surface area contributed by atoms with Gasteiger partial charge in [0.05, 0.1) is 29.4 Å². The topological polar surface area (TPSA) is 115 Å². The van der Waals surface area contributed by atoms with Crippen molar-refractivity contribution < 1.29 is 18.9 Å². The molecule has 3 aromatic rings. The number of nitrogens with zero attached hydrogens (tertiary/aromatic N) is 2. The number of ether oxygens (including phenoxy) is 1. The summed E-state index contributed by atoms with van der Waals surface area (Å²) in [6, 6.07) is 13.2. The lowest BCUT2D eigenvalue weighted by atomic mass is 10.1. The Labute approximate surface area is 164 Å². The molecule has 0 saturated carbocycles. The molecular formula is C20H17N3O6. The summed E-state index contributed by atoms with van der Waals surface area (Å²) >= 11 is 0. The van der Waals surface area contributed by atoms with E-state index in [0.29, 0.717) is 42.9 Å². The van der Waals surface area contributed by atoms with Crippen molar-refractivity contribution in [2.75, 3.05) is 31.6 Å². The predicted molar refractivity (Wildman–Crippen MR) is 106 cm³/mol. The molecule has 0 atom stereocenters. The molecule has 4 rings (SSSR count). The average molecular weight is 395 g/mol. The molecule has 1 saturated heterocycles. The van der Waals surface area contributed by atoms with Gasteiger partial charge in [-0.2, -0.15) is 0 Å². The van der Waals surface area contributed by atoms with Gasteiger partial charge in [0.1, 0.15) is 11.3 Å². The van der Waals surface area contributed by atoms with E-state index in [-0.39, 0.29) is 17.2 Å². The maximum absolute atomic E-state index is 13.0. The van der Waals surface area contributed by atoms with Gasteiger partial charge < -0.3 is 19.4 Å².